The molecule has 1 aromatic carbocycles. The Labute approximate surface area is 245 Å². The molecule has 2 aliphatic heterocycles. The molecular formula is C24H24N6O12S. The summed E-state index contributed by atoms with van der Waals surface area (Å²) in [5, 5.41) is 18.7. The summed E-state index contributed by atoms with van der Waals surface area (Å²) < 4.78 is 10.0. The van der Waals surface area contributed by atoms with E-state index in [1.54, 1.807) is 0 Å². The second-order valence-electron chi connectivity index (χ2n) is 9.46. The molecule has 3 heterocycles. The van der Waals surface area contributed by atoms with Crippen LogP contribution in [0.2, 0.25) is 0 Å². The molecule has 2 fully saturated rings. The summed E-state index contributed by atoms with van der Waals surface area (Å²) in [6.07, 6.45) is -1.09. The number of carbonyl (C=O) groups excluding carboxylic acids is 5. The minimum atomic E-state index is -1.73. The first-order chi connectivity index (χ1) is 20.3. The standard InChI is InChI=1S/C24H24N6O12S/c1-24(2,22(35)38-9-12-3-5-13(6-4-12)29(36)37)42-28-18(15-11-43-23(25)27-15)19(32)26-14-10-39-30(20(14)33)41-21(34)16-7-8-17(31)40-16/h3-6,11,14,16H,7-10H2,1-2H3,(H2,25,27)(H,26,32)/t14-,16?/m0/s1. The van der Waals surface area contributed by atoms with Gasteiger partial charge in [-0.25, -0.2) is 19.4 Å². The Morgan fingerprint density at radius 2 is 2.00 bits per heavy atom. The number of cyclic esters (lactones) is 1. The molecule has 1 unspecified atom stereocenters. The van der Waals surface area contributed by atoms with Gasteiger partial charge in [-0.15, -0.1) is 11.3 Å². The molecule has 2 amide bonds. The normalized spacial score (nSPS) is 18.7. The third kappa shape index (κ3) is 7.57. The fourth-order valence-corrected chi connectivity index (χ4v) is 4.02. The topological polar surface area (TPSA) is 241 Å². The first-order valence-corrected chi connectivity index (χ1v) is 13.3. The molecule has 19 heteroatoms. The highest BCUT2D eigenvalue weighted by atomic mass is 32.1. The number of nitro benzene ring substituents is 1. The van der Waals surface area contributed by atoms with Gasteiger partial charge in [-0.1, -0.05) is 5.16 Å². The van der Waals surface area contributed by atoms with E-state index in [-0.39, 0.29) is 41.2 Å². The van der Waals surface area contributed by atoms with Crippen LogP contribution in [0, 0.1) is 10.1 Å². The number of aromatic nitrogens is 1. The van der Waals surface area contributed by atoms with Crippen molar-refractivity contribution in [3.8, 4) is 0 Å². The third-order valence-electron chi connectivity index (χ3n) is 5.82. The number of hydroxylamine groups is 2. The van der Waals surface area contributed by atoms with Gasteiger partial charge in [0.25, 0.3) is 11.6 Å². The molecule has 1 aromatic heterocycles. The Hall–Kier alpha value is -5.17. The van der Waals surface area contributed by atoms with Crippen LogP contribution in [0.3, 0.4) is 0 Å². The van der Waals surface area contributed by atoms with E-state index in [1.807, 2.05) is 0 Å². The number of carbonyl (C=O) groups is 5. The number of benzene rings is 1. The van der Waals surface area contributed by atoms with Crippen LogP contribution in [0.15, 0.2) is 34.8 Å². The number of thiazole rings is 1. The molecule has 2 aromatic rings. The summed E-state index contributed by atoms with van der Waals surface area (Å²) in [5.41, 5.74) is 3.82. The molecule has 2 saturated heterocycles. The molecule has 2 aliphatic rings. The maximum atomic E-state index is 13.1. The number of rotatable bonds is 11. The summed E-state index contributed by atoms with van der Waals surface area (Å²) >= 11 is 0.984. The molecule has 0 spiro atoms. The highest BCUT2D eigenvalue weighted by Gasteiger charge is 2.41. The van der Waals surface area contributed by atoms with Crippen LogP contribution < -0.4 is 11.1 Å². The number of oxime groups is 1. The minimum Gasteiger partial charge on any atom is -0.458 e. The average Bonchev–Trinajstić information content (AvgIpc) is 3.68. The van der Waals surface area contributed by atoms with Gasteiger partial charge in [0.2, 0.25) is 11.7 Å². The van der Waals surface area contributed by atoms with Crippen LogP contribution in [-0.4, -0.2) is 74.9 Å². The summed E-state index contributed by atoms with van der Waals surface area (Å²) in [5.74, 6) is -4.41. The van der Waals surface area contributed by atoms with Crippen molar-refractivity contribution in [2.24, 2.45) is 5.16 Å². The van der Waals surface area contributed by atoms with Gasteiger partial charge in [-0.2, -0.15) is 0 Å². The molecule has 0 radical (unpaired) electrons. The van der Waals surface area contributed by atoms with Crippen molar-refractivity contribution in [1.82, 2.24) is 15.5 Å². The second-order valence-corrected chi connectivity index (χ2v) is 10.3. The molecule has 0 bridgehead atoms. The van der Waals surface area contributed by atoms with Crippen molar-refractivity contribution in [2.75, 3.05) is 12.3 Å². The number of ether oxygens (including phenoxy) is 2. The molecular weight excluding hydrogens is 596 g/mol. The predicted molar refractivity (Wildman–Crippen MR) is 141 cm³/mol. The van der Waals surface area contributed by atoms with Crippen molar-refractivity contribution in [2.45, 2.75) is 51.0 Å². The van der Waals surface area contributed by atoms with Gasteiger partial charge >= 0.3 is 23.8 Å². The molecule has 43 heavy (non-hydrogen) atoms. The van der Waals surface area contributed by atoms with Crippen molar-refractivity contribution in [3.63, 3.8) is 0 Å². The van der Waals surface area contributed by atoms with E-state index in [9.17, 15) is 34.1 Å². The number of nitrogens with zero attached hydrogens (tertiary/aromatic N) is 4. The lowest BCUT2D eigenvalue weighted by Gasteiger charge is -2.21. The van der Waals surface area contributed by atoms with Crippen LogP contribution in [0.25, 0.3) is 0 Å². The van der Waals surface area contributed by atoms with E-state index in [0.717, 1.165) is 11.3 Å². The van der Waals surface area contributed by atoms with Gasteiger partial charge < -0.3 is 30.2 Å². The average molecular weight is 621 g/mol. The van der Waals surface area contributed by atoms with E-state index in [1.165, 1.54) is 43.5 Å². The summed E-state index contributed by atoms with van der Waals surface area (Å²) in [6.45, 7) is 2.00. The van der Waals surface area contributed by atoms with Gasteiger partial charge in [-0.05, 0) is 36.8 Å². The zero-order valence-corrected chi connectivity index (χ0v) is 23.4. The number of nitrogens with one attached hydrogen (secondary N) is 1. The Bertz CT molecular complexity index is 1470. The first-order valence-electron chi connectivity index (χ1n) is 12.4. The summed E-state index contributed by atoms with van der Waals surface area (Å²) in [6, 6.07) is 4.04. The van der Waals surface area contributed by atoms with Crippen molar-refractivity contribution >= 4 is 57.6 Å². The van der Waals surface area contributed by atoms with Gasteiger partial charge in [0.1, 0.15) is 24.9 Å². The number of esters is 2. The smallest absolute Gasteiger partial charge is 0.375 e. The molecule has 228 valence electrons. The number of nitrogen functional groups attached to an aromatic ring is 1. The Morgan fingerprint density at radius 3 is 2.60 bits per heavy atom. The van der Waals surface area contributed by atoms with E-state index in [4.69, 9.17) is 29.7 Å². The third-order valence-corrected chi connectivity index (χ3v) is 6.49. The maximum absolute atomic E-state index is 13.1. The highest BCUT2D eigenvalue weighted by molar-refractivity contribution is 7.13. The van der Waals surface area contributed by atoms with Crippen molar-refractivity contribution < 1.29 is 52.9 Å². The van der Waals surface area contributed by atoms with Crippen LogP contribution in [0.1, 0.15) is 37.9 Å². The molecule has 2 atom stereocenters. The lowest BCUT2D eigenvalue weighted by Crippen LogP contribution is -2.46. The Balaban J connectivity index is 1.39. The highest BCUT2D eigenvalue weighted by Crippen LogP contribution is 2.20. The molecule has 18 nitrogen and oxygen atoms in total. The number of hydrogen-bond acceptors (Lipinski definition) is 16. The fraction of sp³-hybridized carbons (Fsp3) is 0.375. The molecule has 3 N–H and O–H groups in total. The monoisotopic (exact) mass is 620 g/mol. The predicted octanol–water partition coefficient (Wildman–Crippen LogP) is 0.299. The number of anilines is 1. The largest absolute Gasteiger partial charge is 0.458 e. The maximum Gasteiger partial charge on any atom is 0.375 e. The Kier molecular flexibility index (Phi) is 9.15. The van der Waals surface area contributed by atoms with E-state index in [2.05, 4.69) is 15.5 Å². The fourth-order valence-electron chi connectivity index (χ4n) is 3.47. The lowest BCUT2D eigenvalue weighted by molar-refractivity contribution is -0.384. The van der Waals surface area contributed by atoms with E-state index < -0.39 is 64.7 Å². The van der Waals surface area contributed by atoms with Gasteiger partial charge in [-0.3, -0.25) is 24.5 Å². The number of amides is 2. The SMILES string of the molecule is CC(C)(ON=C(C(=O)N[C@H]1CON(OC(=O)C2CCC(=O)O2)C1=O)c1csc(N)n1)C(=O)OCc1ccc([N+](=O)[O-])cc1. The molecule has 4 rings (SSSR count). The van der Waals surface area contributed by atoms with E-state index >= 15 is 0 Å². The second kappa shape index (κ2) is 12.8. The van der Waals surface area contributed by atoms with Gasteiger partial charge in [0, 0.05) is 30.4 Å². The first kappa shape index (κ1) is 30.8. The summed E-state index contributed by atoms with van der Waals surface area (Å²) in [7, 11) is 0. The number of nitro groups is 1. The molecule has 0 saturated carbocycles. The van der Waals surface area contributed by atoms with E-state index in [0.29, 0.717) is 5.56 Å². The number of hydrogen-bond donors (Lipinski definition) is 2. The Morgan fingerprint density at radius 1 is 1.28 bits per heavy atom. The number of non-ortho nitro benzene ring substituents is 1. The quantitative estimate of drug-likeness (QED) is 0.149. The number of nitrogens with two attached hydrogens (primary N) is 1. The van der Waals surface area contributed by atoms with Crippen LogP contribution in [0.5, 0.6) is 0 Å². The van der Waals surface area contributed by atoms with Crippen LogP contribution in [-0.2, 0) is 54.6 Å². The zero-order chi connectivity index (χ0) is 31.3. The van der Waals surface area contributed by atoms with Crippen molar-refractivity contribution in [3.05, 3.63) is 51.0 Å². The minimum absolute atomic E-state index is 0.0207. The van der Waals surface area contributed by atoms with Gasteiger partial charge in [0.15, 0.2) is 10.8 Å². The van der Waals surface area contributed by atoms with Crippen LogP contribution >= 0.6 is 11.3 Å². The van der Waals surface area contributed by atoms with Crippen LogP contribution in [0.4, 0.5) is 10.8 Å². The summed E-state index contributed by atoms with van der Waals surface area (Å²) in [4.78, 5) is 91.3. The molecule has 0 aliphatic carbocycles. The van der Waals surface area contributed by atoms with Gasteiger partial charge in [0.05, 0.1) is 4.92 Å². The van der Waals surface area contributed by atoms with Crippen molar-refractivity contribution in [1.29, 1.82) is 0 Å². The lowest BCUT2D eigenvalue weighted by atomic mass is 10.1. The zero-order valence-electron chi connectivity index (χ0n) is 22.5.